The van der Waals surface area contributed by atoms with Crippen LogP contribution in [0.15, 0.2) is 18.2 Å². The lowest BCUT2D eigenvalue weighted by atomic mass is 10.1. The zero-order valence-electron chi connectivity index (χ0n) is 11.1. The number of ether oxygens (including phenoxy) is 1. The first-order chi connectivity index (χ1) is 9.20. The van der Waals surface area contributed by atoms with Gasteiger partial charge in [-0.1, -0.05) is 6.07 Å². The van der Waals surface area contributed by atoms with Crippen LogP contribution in [0.4, 0.5) is 10.1 Å². The summed E-state index contributed by atoms with van der Waals surface area (Å²) in [6, 6.07) is 5.03. The average Bonchev–Trinajstić information content (AvgIpc) is 2.42. The molecule has 5 heteroatoms. The van der Waals surface area contributed by atoms with Crippen LogP contribution in [0.1, 0.15) is 12.5 Å². The molecule has 1 aromatic carbocycles. The van der Waals surface area contributed by atoms with Crippen molar-refractivity contribution in [3.8, 4) is 0 Å². The molecule has 4 nitrogen and oxygen atoms in total. The zero-order chi connectivity index (χ0) is 13.7. The predicted octanol–water partition coefficient (Wildman–Crippen LogP) is 1.34. The molecule has 0 unspecified atom stereocenters. The van der Waals surface area contributed by atoms with E-state index in [2.05, 4.69) is 10.2 Å². The summed E-state index contributed by atoms with van der Waals surface area (Å²) in [6.45, 7) is 5.62. The first-order valence-corrected chi connectivity index (χ1v) is 6.60. The lowest BCUT2D eigenvalue weighted by Crippen LogP contribution is -2.43. The standard InChI is InChI=1S/C14H19FN2O2/c1-2-19-14(18)9-11-3-4-12(10-13(11)15)17-7-5-16-6-8-17/h3-4,10,16H,2,5-9H2,1H3. The summed E-state index contributed by atoms with van der Waals surface area (Å²) in [5, 5.41) is 3.25. The Morgan fingerprint density at radius 1 is 1.42 bits per heavy atom. The zero-order valence-corrected chi connectivity index (χ0v) is 11.1. The molecule has 19 heavy (non-hydrogen) atoms. The Balaban J connectivity index is 2.05. The number of benzene rings is 1. The van der Waals surface area contributed by atoms with Crippen LogP contribution in [0, 0.1) is 5.82 Å². The van der Waals surface area contributed by atoms with E-state index >= 15 is 0 Å². The lowest BCUT2D eigenvalue weighted by Gasteiger charge is -2.29. The van der Waals surface area contributed by atoms with Gasteiger partial charge in [-0.15, -0.1) is 0 Å². The molecular weight excluding hydrogens is 247 g/mol. The second-order valence-electron chi connectivity index (χ2n) is 4.49. The fourth-order valence-corrected chi connectivity index (χ4v) is 2.17. The summed E-state index contributed by atoms with van der Waals surface area (Å²) in [5.74, 6) is -0.736. The van der Waals surface area contributed by atoms with Crippen LogP contribution in [0.25, 0.3) is 0 Å². The molecule has 0 spiro atoms. The SMILES string of the molecule is CCOC(=O)Cc1ccc(N2CCNCC2)cc1F. The topological polar surface area (TPSA) is 41.6 Å². The van der Waals surface area contributed by atoms with Gasteiger partial charge in [-0.3, -0.25) is 4.79 Å². The Kier molecular flexibility index (Phi) is 4.74. The van der Waals surface area contributed by atoms with Crippen LogP contribution >= 0.6 is 0 Å². The number of halogens is 1. The molecule has 1 aliphatic rings. The van der Waals surface area contributed by atoms with Gasteiger partial charge in [0.2, 0.25) is 0 Å². The number of carbonyl (C=O) groups is 1. The number of piperazine rings is 1. The fourth-order valence-electron chi connectivity index (χ4n) is 2.17. The molecule has 1 N–H and O–H groups in total. The summed E-state index contributed by atoms with van der Waals surface area (Å²) < 4.78 is 18.8. The Labute approximate surface area is 112 Å². The molecule has 0 saturated carbocycles. The first-order valence-electron chi connectivity index (χ1n) is 6.60. The second-order valence-corrected chi connectivity index (χ2v) is 4.49. The number of hydrogen-bond acceptors (Lipinski definition) is 4. The molecule has 1 saturated heterocycles. The minimum atomic E-state index is -0.392. The molecule has 0 aromatic heterocycles. The van der Waals surface area contributed by atoms with Crippen LogP contribution in [-0.2, 0) is 16.0 Å². The van der Waals surface area contributed by atoms with Gasteiger partial charge in [-0.25, -0.2) is 4.39 Å². The Morgan fingerprint density at radius 3 is 2.79 bits per heavy atom. The van der Waals surface area contributed by atoms with Crippen LogP contribution in [-0.4, -0.2) is 38.8 Å². The molecule has 2 rings (SSSR count). The highest BCUT2D eigenvalue weighted by Gasteiger charge is 2.14. The van der Waals surface area contributed by atoms with Gasteiger partial charge in [0.15, 0.2) is 0 Å². The maximum absolute atomic E-state index is 14.0. The predicted molar refractivity (Wildman–Crippen MR) is 71.8 cm³/mol. The highest BCUT2D eigenvalue weighted by molar-refractivity contribution is 5.72. The maximum Gasteiger partial charge on any atom is 0.310 e. The lowest BCUT2D eigenvalue weighted by molar-refractivity contribution is -0.142. The Bertz CT molecular complexity index is 445. The summed E-state index contributed by atoms with van der Waals surface area (Å²) in [5.41, 5.74) is 1.25. The number of anilines is 1. The molecule has 0 amide bonds. The number of hydrogen-bond donors (Lipinski definition) is 1. The molecule has 1 aliphatic heterocycles. The van der Waals surface area contributed by atoms with Crippen LogP contribution in [0.3, 0.4) is 0 Å². The van der Waals surface area contributed by atoms with Crippen molar-refractivity contribution in [3.05, 3.63) is 29.6 Å². The van der Waals surface area contributed by atoms with Crippen molar-refractivity contribution < 1.29 is 13.9 Å². The number of esters is 1. The highest BCUT2D eigenvalue weighted by Crippen LogP contribution is 2.19. The van der Waals surface area contributed by atoms with Crippen molar-refractivity contribution >= 4 is 11.7 Å². The monoisotopic (exact) mass is 266 g/mol. The summed E-state index contributed by atoms with van der Waals surface area (Å²) >= 11 is 0. The van der Waals surface area contributed by atoms with E-state index in [0.29, 0.717) is 12.2 Å². The van der Waals surface area contributed by atoms with E-state index in [1.165, 1.54) is 6.07 Å². The van der Waals surface area contributed by atoms with E-state index < -0.39 is 5.97 Å². The Hall–Kier alpha value is -1.62. The first kappa shape index (κ1) is 13.8. The van der Waals surface area contributed by atoms with E-state index in [1.807, 2.05) is 6.07 Å². The molecule has 0 radical (unpaired) electrons. The minimum Gasteiger partial charge on any atom is -0.466 e. The molecule has 0 atom stereocenters. The van der Waals surface area contributed by atoms with Crippen molar-refractivity contribution in [2.24, 2.45) is 0 Å². The molecular formula is C14H19FN2O2. The van der Waals surface area contributed by atoms with Crippen LogP contribution in [0.5, 0.6) is 0 Å². The number of rotatable bonds is 4. The number of nitrogens with one attached hydrogen (secondary N) is 1. The molecule has 1 fully saturated rings. The van der Waals surface area contributed by atoms with E-state index in [-0.39, 0.29) is 12.2 Å². The van der Waals surface area contributed by atoms with E-state index in [4.69, 9.17) is 4.74 Å². The van der Waals surface area contributed by atoms with Crippen molar-refractivity contribution in [1.29, 1.82) is 0 Å². The normalized spacial score (nSPS) is 15.4. The maximum atomic E-state index is 14.0. The van der Waals surface area contributed by atoms with Gasteiger partial charge in [-0.05, 0) is 24.6 Å². The fraction of sp³-hybridized carbons (Fsp3) is 0.500. The second kappa shape index (κ2) is 6.52. The smallest absolute Gasteiger partial charge is 0.310 e. The molecule has 0 aliphatic carbocycles. The third-order valence-electron chi connectivity index (χ3n) is 3.16. The molecule has 104 valence electrons. The van der Waals surface area contributed by atoms with Crippen molar-refractivity contribution in [3.63, 3.8) is 0 Å². The molecule has 1 aromatic rings. The number of carbonyl (C=O) groups excluding carboxylic acids is 1. The van der Waals surface area contributed by atoms with Gasteiger partial charge in [0.25, 0.3) is 0 Å². The molecule has 1 heterocycles. The highest BCUT2D eigenvalue weighted by atomic mass is 19.1. The third kappa shape index (κ3) is 3.67. The van der Waals surface area contributed by atoms with Gasteiger partial charge >= 0.3 is 5.97 Å². The van der Waals surface area contributed by atoms with Gasteiger partial charge in [0.1, 0.15) is 5.82 Å². The summed E-state index contributed by atoms with van der Waals surface area (Å²) in [7, 11) is 0. The van der Waals surface area contributed by atoms with Crippen LogP contribution < -0.4 is 10.2 Å². The molecule has 0 bridgehead atoms. The van der Waals surface area contributed by atoms with Crippen molar-refractivity contribution in [1.82, 2.24) is 5.32 Å². The Morgan fingerprint density at radius 2 is 2.16 bits per heavy atom. The summed E-state index contributed by atoms with van der Waals surface area (Å²) in [6.07, 6.45) is -0.0124. The van der Waals surface area contributed by atoms with Crippen LogP contribution in [0.2, 0.25) is 0 Å². The van der Waals surface area contributed by atoms with Gasteiger partial charge < -0.3 is 15.0 Å². The largest absolute Gasteiger partial charge is 0.466 e. The van der Waals surface area contributed by atoms with Crippen molar-refractivity contribution in [2.75, 3.05) is 37.7 Å². The van der Waals surface area contributed by atoms with Gasteiger partial charge in [-0.2, -0.15) is 0 Å². The van der Waals surface area contributed by atoms with Gasteiger partial charge in [0.05, 0.1) is 13.0 Å². The van der Waals surface area contributed by atoms with E-state index in [0.717, 1.165) is 31.9 Å². The third-order valence-corrected chi connectivity index (χ3v) is 3.16. The van der Waals surface area contributed by atoms with E-state index in [1.54, 1.807) is 13.0 Å². The van der Waals surface area contributed by atoms with Gasteiger partial charge in [0, 0.05) is 31.9 Å². The van der Waals surface area contributed by atoms with Crippen molar-refractivity contribution in [2.45, 2.75) is 13.3 Å². The quantitative estimate of drug-likeness (QED) is 0.835. The average molecular weight is 266 g/mol. The number of nitrogens with zero attached hydrogens (tertiary/aromatic N) is 1. The summed E-state index contributed by atoms with van der Waals surface area (Å²) in [4.78, 5) is 13.5. The minimum absolute atomic E-state index is 0.0124. The van der Waals surface area contributed by atoms with E-state index in [9.17, 15) is 9.18 Å².